The summed E-state index contributed by atoms with van der Waals surface area (Å²) in [6.07, 6.45) is 16.7. The number of aliphatic hydroxyl groups is 2. The van der Waals surface area contributed by atoms with E-state index in [1.54, 1.807) is 0 Å². The summed E-state index contributed by atoms with van der Waals surface area (Å²) in [6, 6.07) is 0. The lowest BCUT2D eigenvalue weighted by atomic mass is 10.1. The van der Waals surface area contributed by atoms with Gasteiger partial charge in [-0.05, 0) is 32.1 Å². The number of allylic oxidation sites excluding steroid dienone is 2. The van der Waals surface area contributed by atoms with E-state index in [4.69, 9.17) is 19.1 Å². The largest absolute Gasteiger partial charge is 0.472 e. The Balaban J connectivity index is 4.48. The average molecular weight is 581 g/mol. The van der Waals surface area contributed by atoms with Crippen molar-refractivity contribution in [2.75, 3.05) is 26.4 Å². The Bertz CT molecular complexity index is 685. The zero-order valence-corrected chi connectivity index (χ0v) is 25.0. The predicted molar refractivity (Wildman–Crippen MR) is 150 cm³/mol. The fourth-order valence-corrected chi connectivity index (χ4v) is 4.35. The van der Waals surface area contributed by atoms with Gasteiger partial charge in [0.1, 0.15) is 12.7 Å². The summed E-state index contributed by atoms with van der Waals surface area (Å²) >= 11 is 0. The van der Waals surface area contributed by atoms with Crippen molar-refractivity contribution in [1.29, 1.82) is 0 Å². The van der Waals surface area contributed by atoms with E-state index in [0.29, 0.717) is 12.8 Å². The lowest BCUT2D eigenvalue weighted by Gasteiger charge is -2.20. The normalized spacial score (nSPS) is 14.7. The summed E-state index contributed by atoms with van der Waals surface area (Å²) in [6.45, 7) is 2.18. The van der Waals surface area contributed by atoms with E-state index in [2.05, 4.69) is 30.5 Å². The Morgan fingerprint density at radius 1 is 0.744 bits per heavy atom. The zero-order valence-electron chi connectivity index (χ0n) is 24.1. The van der Waals surface area contributed by atoms with Gasteiger partial charge in [-0.2, -0.15) is 0 Å². The maximum atomic E-state index is 12.4. The molecule has 0 radical (unpaired) electrons. The zero-order chi connectivity index (χ0) is 29.2. The van der Waals surface area contributed by atoms with Crippen LogP contribution < -0.4 is 0 Å². The van der Waals surface area contributed by atoms with Crippen molar-refractivity contribution in [1.82, 2.24) is 0 Å². The van der Waals surface area contributed by atoms with E-state index in [1.807, 2.05) is 0 Å². The maximum absolute atomic E-state index is 12.4. The number of rotatable bonds is 27. The van der Waals surface area contributed by atoms with Gasteiger partial charge in [0, 0.05) is 12.8 Å². The Morgan fingerprint density at radius 3 is 1.92 bits per heavy atom. The highest BCUT2D eigenvalue weighted by Gasteiger charge is 2.27. The molecule has 3 unspecified atom stereocenters. The van der Waals surface area contributed by atoms with Crippen molar-refractivity contribution in [3.8, 4) is 0 Å². The van der Waals surface area contributed by atoms with Gasteiger partial charge in [0.2, 0.25) is 0 Å². The van der Waals surface area contributed by atoms with Gasteiger partial charge in [-0.3, -0.25) is 18.6 Å². The summed E-state index contributed by atoms with van der Waals surface area (Å²) in [7, 11) is -4.59. The van der Waals surface area contributed by atoms with Crippen LogP contribution in [0.4, 0.5) is 0 Å². The second-order valence-electron chi connectivity index (χ2n) is 9.78. The SMILES string of the molecule is CCCC/C=C\CCCCCCCC(=O)OC(COC(=O)CCCCCCC)COP(=O)(O)OCC(O)CO. The Kier molecular flexibility index (Phi) is 24.8. The molecule has 3 atom stereocenters. The molecular formula is C28H53O10P. The van der Waals surface area contributed by atoms with E-state index < -0.39 is 51.8 Å². The van der Waals surface area contributed by atoms with Crippen molar-refractivity contribution < 1.29 is 47.8 Å². The van der Waals surface area contributed by atoms with Crippen LogP contribution >= 0.6 is 7.82 Å². The summed E-state index contributed by atoms with van der Waals surface area (Å²) in [4.78, 5) is 34.2. The first-order chi connectivity index (χ1) is 18.7. The van der Waals surface area contributed by atoms with E-state index in [-0.39, 0.29) is 19.4 Å². The fraction of sp³-hybridized carbons (Fsp3) is 0.857. The molecule has 3 N–H and O–H groups in total. The number of hydrogen-bond donors (Lipinski definition) is 3. The average Bonchev–Trinajstić information content (AvgIpc) is 2.91. The van der Waals surface area contributed by atoms with Crippen LogP contribution in [0.15, 0.2) is 12.2 Å². The molecule has 0 bridgehead atoms. The molecule has 0 saturated carbocycles. The van der Waals surface area contributed by atoms with Gasteiger partial charge in [-0.15, -0.1) is 0 Å². The van der Waals surface area contributed by atoms with E-state index in [9.17, 15) is 24.2 Å². The quantitative estimate of drug-likeness (QED) is 0.0473. The highest BCUT2D eigenvalue weighted by molar-refractivity contribution is 7.47. The number of hydrogen-bond acceptors (Lipinski definition) is 9. The molecular weight excluding hydrogens is 527 g/mol. The molecule has 0 fully saturated rings. The monoisotopic (exact) mass is 580 g/mol. The molecule has 0 saturated heterocycles. The van der Waals surface area contributed by atoms with Crippen LogP contribution in [0, 0.1) is 0 Å². The number of carbonyl (C=O) groups is 2. The van der Waals surface area contributed by atoms with E-state index >= 15 is 0 Å². The molecule has 0 aromatic rings. The van der Waals surface area contributed by atoms with Crippen molar-refractivity contribution in [3.63, 3.8) is 0 Å². The summed E-state index contributed by atoms with van der Waals surface area (Å²) in [5.74, 6) is -0.954. The molecule has 0 aliphatic rings. The van der Waals surface area contributed by atoms with Crippen LogP contribution in [0.25, 0.3) is 0 Å². The number of carbonyl (C=O) groups excluding carboxylic acids is 2. The second kappa shape index (κ2) is 25.7. The third-order valence-electron chi connectivity index (χ3n) is 5.92. The van der Waals surface area contributed by atoms with Crippen LogP contribution in [0.2, 0.25) is 0 Å². The van der Waals surface area contributed by atoms with Crippen LogP contribution in [-0.2, 0) is 32.7 Å². The number of aliphatic hydroxyl groups excluding tert-OH is 2. The van der Waals surface area contributed by atoms with Gasteiger partial charge in [-0.1, -0.05) is 83.8 Å². The molecule has 0 amide bonds. The molecule has 0 rings (SSSR count). The maximum Gasteiger partial charge on any atom is 0.472 e. The minimum Gasteiger partial charge on any atom is -0.462 e. The second-order valence-corrected chi connectivity index (χ2v) is 11.2. The number of phosphoric ester groups is 1. The third kappa shape index (κ3) is 25.4. The molecule has 11 heteroatoms. The van der Waals surface area contributed by atoms with Crippen LogP contribution in [0.1, 0.15) is 117 Å². The molecule has 10 nitrogen and oxygen atoms in total. The predicted octanol–water partition coefficient (Wildman–Crippen LogP) is 5.77. The van der Waals surface area contributed by atoms with Crippen molar-refractivity contribution in [2.24, 2.45) is 0 Å². The summed E-state index contributed by atoms with van der Waals surface area (Å²) in [5.41, 5.74) is 0. The smallest absolute Gasteiger partial charge is 0.462 e. The van der Waals surface area contributed by atoms with Gasteiger partial charge in [0.25, 0.3) is 0 Å². The first-order valence-electron chi connectivity index (χ1n) is 14.6. The standard InChI is InChI=1S/C28H53O10P/c1-3-5-7-9-10-11-12-13-14-16-18-20-28(32)38-26(23-35-27(31)19-17-15-8-6-4-2)24-37-39(33,34)36-22-25(30)21-29/h9-10,25-26,29-30H,3-8,11-24H2,1-2H3,(H,33,34)/b10-9-. The van der Waals surface area contributed by atoms with Gasteiger partial charge < -0.3 is 24.6 Å². The minimum absolute atomic E-state index is 0.175. The molecule has 230 valence electrons. The van der Waals surface area contributed by atoms with E-state index in [0.717, 1.165) is 64.2 Å². The molecule has 0 heterocycles. The molecule has 0 spiro atoms. The van der Waals surface area contributed by atoms with Crippen LogP contribution in [0.5, 0.6) is 0 Å². The van der Waals surface area contributed by atoms with Crippen LogP contribution in [-0.4, -0.2) is 65.7 Å². The Hall–Kier alpha value is -1.29. The van der Waals surface area contributed by atoms with Gasteiger partial charge >= 0.3 is 19.8 Å². The topological polar surface area (TPSA) is 149 Å². The molecule has 0 aromatic heterocycles. The highest BCUT2D eigenvalue weighted by Crippen LogP contribution is 2.43. The Labute approximate surface area is 235 Å². The molecule has 0 aromatic carbocycles. The minimum atomic E-state index is -4.59. The van der Waals surface area contributed by atoms with Gasteiger partial charge in [0.15, 0.2) is 6.10 Å². The van der Waals surface area contributed by atoms with Crippen molar-refractivity contribution in [3.05, 3.63) is 12.2 Å². The highest BCUT2D eigenvalue weighted by atomic mass is 31.2. The Morgan fingerprint density at radius 2 is 1.28 bits per heavy atom. The number of esters is 2. The molecule has 0 aliphatic carbocycles. The number of unbranched alkanes of at least 4 members (excludes halogenated alkanes) is 11. The van der Waals surface area contributed by atoms with Gasteiger partial charge in [-0.25, -0.2) is 4.57 Å². The molecule has 39 heavy (non-hydrogen) atoms. The first kappa shape index (κ1) is 37.7. The number of ether oxygens (including phenoxy) is 2. The lowest BCUT2D eigenvalue weighted by Crippen LogP contribution is -2.29. The van der Waals surface area contributed by atoms with Crippen molar-refractivity contribution >= 4 is 19.8 Å². The number of phosphoric acid groups is 1. The fourth-order valence-electron chi connectivity index (χ4n) is 3.56. The lowest BCUT2D eigenvalue weighted by molar-refractivity contribution is -0.161. The molecule has 0 aliphatic heterocycles. The van der Waals surface area contributed by atoms with Crippen molar-refractivity contribution in [2.45, 2.75) is 129 Å². The summed E-state index contributed by atoms with van der Waals surface area (Å²) in [5, 5.41) is 18.1. The first-order valence-corrected chi connectivity index (χ1v) is 16.1. The van der Waals surface area contributed by atoms with Crippen LogP contribution in [0.3, 0.4) is 0 Å². The van der Waals surface area contributed by atoms with Gasteiger partial charge in [0.05, 0.1) is 19.8 Å². The van der Waals surface area contributed by atoms with E-state index in [1.165, 1.54) is 12.8 Å². The third-order valence-corrected chi connectivity index (χ3v) is 6.87. The summed E-state index contributed by atoms with van der Waals surface area (Å²) < 4.78 is 32.1.